The number of hydrogen-bond donors (Lipinski definition) is 0. The summed E-state index contributed by atoms with van der Waals surface area (Å²) in [6.07, 6.45) is -13.6. The van der Waals surface area contributed by atoms with Crippen molar-refractivity contribution in [1.29, 1.82) is 0 Å². The number of methoxy groups -OCH3 is 1. The second-order valence-electron chi connectivity index (χ2n) is 28.3. The average molecular weight is 1440 g/mol. The predicted octanol–water partition coefficient (Wildman–Crippen LogP) is 12.9. The van der Waals surface area contributed by atoms with Crippen molar-refractivity contribution in [2.24, 2.45) is 35.5 Å². The summed E-state index contributed by atoms with van der Waals surface area (Å²) in [5, 5.41) is 0. The molecular formula is C81H101NO20S. The summed E-state index contributed by atoms with van der Waals surface area (Å²) in [7, 11) is -3.13. The number of esters is 1. The van der Waals surface area contributed by atoms with Gasteiger partial charge in [0.2, 0.25) is 0 Å². The van der Waals surface area contributed by atoms with Gasteiger partial charge in [0, 0.05) is 18.4 Å². The van der Waals surface area contributed by atoms with Gasteiger partial charge in [-0.05, 0) is 89.7 Å². The number of amides is 1. The lowest BCUT2D eigenvalue weighted by Gasteiger charge is -2.53. The molecule has 5 aliphatic heterocycles. The molecule has 0 bridgehead atoms. The largest absolute Gasteiger partial charge is 0.457 e. The number of carbonyl (C=O) groups excluding carboxylic acids is 2. The van der Waals surface area contributed by atoms with Crippen molar-refractivity contribution in [3.8, 4) is 0 Å². The Hall–Kier alpha value is -6.55. The summed E-state index contributed by atoms with van der Waals surface area (Å²) in [5.74, 6) is -1.81. The summed E-state index contributed by atoms with van der Waals surface area (Å²) in [6, 6.07) is 56.5. The Morgan fingerprint density at radius 1 is 0.447 bits per heavy atom. The number of rotatable bonds is 28. The maximum Gasteiger partial charge on any atom is 0.423 e. The van der Waals surface area contributed by atoms with Gasteiger partial charge in [-0.2, -0.15) is 4.31 Å². The van der Waals surface area contributed by atoms with E-state index in [-0.39, 0.29) is 86.3 Å². The zero-order valence-electron chi connectivity index (χ0n) is 60.1. The molecule has 6 aliphatic rings. The van der Waals surface area contributed by atoms with E-state index in [2.05, 4.69) is 34.6 Å². The molecule has 6 aromatic rings. The smallest absolute Gasteiger partial charge is 0.423 e. The van der Waals surface area contributed by atoms with Gasteiger partial charge in [-0.3, -0.25) is 4.79 Å². The molecule has 22 heteroatoms. The van der Waals surface area contributed by atoms with Crippen LogP contribution in [0.3, 0.4) is 0 Å². The van der Waals surface area contributed by atoms with Crippen LogP contribution in [0.1, 0.15) is 108 Å². The molecule has 556 valence electrons. The Morgan fingerprint density at radius 2 is 0.845 bits per heavy atom. The van der Waals surface area contributed by atoms with Crippen LogP contribution < -0.4 is 0 Å². The molecule has 12 unspecified atom stereocenters. The second kappa shape index (κ2) is 36.2. The molecule has 1 aliphatic carbocycles. The Morgan fingerprint density at radius 3 is 1.29 bits per heavy atom. The first-order valence-corrected chi connectivity index (χ1v) is 37.9. The molecular weight excluding hydrogens is 1340 g/mol. The zero-order chi connectivity index (χ0) is 72.0. The SMILES string of the molecule is COC(=O)N(C1CCC(O[C@@H]2OC3COC(c4ccccc4)O[C@H]3[C@H](O[C@H]3OC(COCc4ccccc4)[C@@H](C)C(C)C3O[C@H]3OC(COCc4ccccc4)[C@@H](C)C(C)C3O[C@H]3OC(COCc4ccccc4)[C@@H](C)C(C)C3OC(C)=O)C2OCc2ccccc2)CC1)S(=O)(=O)c1ccccc1. The number of ether oxygens (including phenoxy) is 16. The fraction of sp³-hybridized carbons (Fsp3) is 0.531. The summed E-state index contributed by atoms with van der Waals surface area (Å²) in [4.78, 5) is 26.7. The van der Waals surface area contributed by atoms with E-state index in [1.54, 1.807) is 18.2 Å². The first-order chi connectivity index (χ1) is 50.0. The van der Waals surface area contributed by atoms with Crippen LogP contribution in [-0.4, -0.2) is 157 Å². The maximum absolute atomic E-state index is 14.2. The zero-order valence-corrected chi connectivity index (χ0v) is 60.9. The fourth-order valence-corrected chi connectivity index (χ4v) is 16.5. The molecule has 5 heterocycles. The minimum atomic E-state index is -4.30. The van der Waals surface area contributed by atoms with Crippen LogP contribution in [0.25, 0.3) is 0 Å². The molecule has 5 saturated heterocycles. The van der Waals surface area contributed by atoms with Gasteiger partial charge in [-0.25, -0.2) is 13.2 Å². The van der Waals surface area contributed by atoms with Crippen molar-refractivity contribution in [2.75, 3.05) is 33.5 Å². The number of sulfonamides is 1. The number of fused-ring (bicyclic) bond motifs is 1. The van der Waals surface area contributed by atoms with Gasteiger partial charge in [0.25, 0.3) is 10.0 Å². The second-order valence-corrected chi connectivity index (χ2v) is 30.1. The van der Waals surface area contributed by atoms with Gasteiger partial charge in [0.1, 0.15) is 36.6 Å². The lowest BCUT2D eigenvalue weighted by atomic mass is 9.81. The molecule has 103 heavy (non-hydrogen) atoms. The van der Waals surface area contributed by atoms with E-state index in [0.717, 1.165) is 32.1 Å². The van der Waals surface area contributed by atoms with Crippen LogP contribution in [-0.2, 0) is 117 Å². The molecule has 6 fully saturated rings. The van der Waals surface area contributed by atoms with Gasteiger partial charge >= 0.3 is 12.1 Å². The van der Waals surface area contributed by atoms with E-state index >= 15 is 0 Å². The van der Waals surface area contributed by atoms with Crippen LogP contribution >= 0.6 is 0 Å². The van der Waals surface area contributed by atoms with Crippen LogP contribution in [0, 0.1) is 35.5 Å². The van der Waals surface area contributed by atoms with Gasteiger partial charge in [0.05, 0.1) is 95.3 Å². The summed E-state index contributed by atoms with van der Waals surface area (Å²) in [5.41, 5.74) is 4.68. The van der Waals surface area contributed by atoms with Crippen molar-refractivity contribution < 1.29 is 93.8 Å². The highest BCUT2D eigenvalue weighted by atomic mass is 32.2. The Balaban J connectivity index is 0.895. The first-order valence-electron chi connectivity index (χ1n) is 36.4. The van der Waals surface area contributed by atoms with E-state index in [9.17, 15) is 18.0 Å². The highest BCUT2D eigenvalue weighted by Gasteiger charge is 2.58. The van der Waals surface area contributed by atoms with E-state index in [1.165, 1.54) is 26.2 Å². The van der Waals surface area contributed by atoms with E-state index in [0.29, 0.717) is 32.7 Å². The molecule has 0 radical (unpaired) electrons. The van der Waals surface area contributed by atoms with Crippen molar-refractivity contribution in [3.63, 3.8) is 0 Å². The predicted molar refractivity (Wildman–Crippen MR) is 378 cm³/mol. The van der Waals surface area contributed by atoms with Gasteiger partial charge < -0.3 is 75.8 Å². The van der Waals surface area contributed by atoms with Crippen LogP contribution in [0.5, 0.6) is 0 Å². The lowest BCUT2D eigenvalue weighted by molar-refractivity contribution is -0.410. The van der Waals surface area contributed by atoms with Crippen molar-refractivity contribution >= 4 is 22.1 Å². The fourth-order valence-electron chi connectivity index (χ4n) is 14.9. The number of hydrogen-bond acceptors (Lipinski definition) is 20. The normalized spacial score (nSPS) is 33.3. The Kier molecular flexibility index (Phi) is 26.7. The van der Waals surface area contributed by atoms with Crippen molar-refractivity contribution in [1.82, 2.24) is 4.31 Å². The monoisotopic (exact) mass is 1440 g/mol. The molecule has 21 atom stereocenters. The number of carbonyl (C=O) groups is 2. The van der Waals surface area contributed by atoms with Crippen molar-refractivity contribution in [2.45, 2.75) is 210 Å². The van der Waals surface area contributed by atoms with Gasteiger partial charge in [-0.1, -0.05) is 211 Å². The summed E-state index contributed by atoms with van der Waals surface area (Å²) >= 11 is 0. The summed E-state index contributed by atoms with van der Waals surface area (Å²) in [6.45, 7) is 15.9. The van der Waals surface area contributed by atoms with E-state index in [4.69, 9.17) is 75.8 Å². The Labute approximate surface area is 606 Å². The first kappa shape index (κ1) is 76.1. The minimum absolute atomic E-state index is 0.0243. The molecule has 6 aromatic carbocycles. The van der Waals surface area contributed by atoms with Gasteiger partial charge in [-0.15, -0.1) is 0 Å². The Bertz CT molecular complexity index is 3660. The maximum atomic E-state index is 14.2. The molecule has 0 aromatic heterocycles. The number of nitrogens with zero attached hydrogens (tertiary/aromatic N) is 1. The average Bonchev–Trinajstić information content (AvgIpc) is 0.741. The molecule has 1 saturated carbocycles. The minimum Gasteiger partial charge on any atom is -0.457 e. The molecule has 21 nitrogen and oxygen atoms in total. The number of benzene rings is 6. The quantitative estimate of drug-likeness (QED) is 0.0417. The van der Waals surface area contributed by atoms with Crippen LogP contribution in [0.15, 0.2) is 187 Å². The van der Waals surface area contributed by atoms with Crippen LogP contribution in [0.4, 0.5) is 4.79 Å². The highest BCUT2D eigenvalue weighted by Crippen LogP contribution is 2.45. The third-order valence-corrected chi connectivity index (χ3v) is 23.3. The standard InChI is InChI=1S/C81H101NO20S/c1-51-54(4)70(93-57(7)83)77(95-66(51)47-88-43-58-27-15-9-16-28-58)99-71-55(5)52(2)67(48-89-44-59-29-17-10-18-30-59)96-78(71)100-72-56(6)53(3)68(49-90-45-60-31-19-11-20-32-60)97-79(72)102-74-73-69(50-92-76(101-73)62-35-23-13-24-36-62)98-80(75(74)91-46-61-33-21-12-22-34-61)94-64-41-39-63(40-42-64)82(81(84)87-8)103(85,86)65-37-25-14-26-38-65/h9-38,51-56,63-64,66-80H,39-50H2,1-8H3/t51-,52-,53-,54?,55?,56?,63?,64?,66?,67?,68?,69?,70?,71?,72?,73+,74-,75?,76?,77+,78+,79+,80+/m0/s1. The van der Waals surface area contributed by atoms with Crippen LogP contribution in [0.2, 0.25) is 0 Å². The molecule has 0 spiro atoms. The third-order valence-electron chi connectivity index (χ3n) is 21.5. The molecule has 1 amide bonds. The van der Waals surface area contributed by atoms with Crippen molar-refractivity contribution in [3.05, 3.63) is 210 Å². The van der Waals surface area contributed by atoms with E-state index < -0.39 is 127 Å². The summed E-state index contributed by atoms with van der Waals surface area (Å²) < 4.78 is 140. The molecule has 12 rings (SSSR count). The van der Waals surface area contributed by atoms with Gasteiger partial charge in [0.15, 0.2) is 37.6 Å². The topological polar surface area (TPSA) is 219 Å². The van der Waals surface area contributed by atoms with E-state index in [1.807, 2.05) is 159 Å². The lowest BCUT2D eigenvalue weighted by Crippen LogP contribution is -2.66. The molecule has 0 N–H and O–H groups in total. The highest BCUT2D eigenvalue weighted by molar-refractivity contribution is 7.89. The third kappa shape index (κ3) is 19.0.